The highest BCUT2D eigenvalue weighted by molar-refractivity contribution is 5.67. The molecule has 21 heavy (non-hydrogen) atoms. The second kappa shape index (κ2) is 6.06. The Morgan fingerprint density at radius 3 is 3.14 bits per heavy atom. The SMILES string of the molecule is O=C(O)CC1COCCN1Cc1nnc(-c2ccco2)o1. The van der Waals surface area contributed by atoms with Gasteiger partial charge in [0.2, 0.25) is 5.89 Å². The summed E-state index contributed by atoms with van der Waals surface area (Å²) in [6.45, 7) is 1.99. The summed E-state index contributed by atoms with van der Waals surface area (Å²) in [5.74, 6) is 0.409. The van der Waals surface area contributed by atoms with Crippen molar-refractivity contribution in [1.29, 1.82) is 0 Å². The van der Waals surface area contributed by atoms with Gasteiger partial charge in [0.05, 0.1) is 32.4 Å². The van der Waals surface area contributed by atoms with Gasteiger partial charge in [-0.3, -0.25) is 9.69 Å². The van der Waals surface area contributed by atoms with E-state index in [1.165, 1.54) is 6.26 Å². The first-order valence-electron chi connectivity index (χ1n) is 6.62. The number of hydrogen-bond acceptors (Lipinski definition) is 7. The Morgan fingerprint density at radius 1 is 1.48 bits per heavy atom. The Labute approximate surface area is 120 Å². The molecular weight excluding hydrogens is 278 g/mol. The van der Waals surface area contributed by atoms with Gasteiger partial charge >= 0.3 is 5.97 Å². The Balaban J connectivity index is 1.68. The fourth-order valence-corrected chi connectivity index (χ4v) is 2.28. The van der Waals surface area contributed by atoms with Crippen molar-refractivity contribution >= 4 is 5.97 Å². The Kier molecular flexibility index (Phi) is 3.98. The molecule has 3 rings (SSSR count). The third kappa shape index (κ3) is 3.29. The van der Waals surface area contributed by atoms with Crippen molar-refractivity contribution in [2.45, 2.75) is 19.0 Å². The summed E-state index contributed by atoms with van der Waals surface area (Å²) in [7, 11) is 0. The first kappa shape index (κ1) is 13.8. The van der Waals surface area contributed by atoms with Crippen LogP contribution in [0.1, 0.15) is 12.3 Å². The summed E-state index contributed by atoms with van der Waals surface area (Å²) in [5.41, 5.74) is 0. The average molecular weight is 293 g/mol. The minimum atomic E-state index is -0.850. The number of ether oxygens (including phenoxy) is 1. The van der Waals surface area contributed by atoms with Crippen LogP contribution in [0.3, 0.4) is 0 Å². The average Bonchev–Trinajstić information content (AvgIpc) is 3.11. The Bertz CT molecular complexity index is 595. The number of aliphatic carboxylic acids is 1. The summed E-state index contributed by atoms with van der Waals surface area (Å²) in [5, 5.41) is 16.8. The maximum atomic E-state index is 10.9. The molecule has 0 aromatic carbocycles. The summed E-state index contributed by atoms with van der Waals surface area (Å²) >= 11 is 0. The number of carbonyl (C=O) groups is 1. The maximum absolute atomic E-state index is 10.9. The Hall–Kier alpha value is -2.19. The van der Waals surface area contributed by atoms with Crippen LogP contribution < -0.4 is 0 Å². The summed E-state index contributed by atoms with van der Waals surface area (Å²) < 4.78 is 16.1. The predicted octanol–water partition coefficient (Wildman–Crippen LogP) is 1.01. The molecule has 112 valence electrons. The van der Waals surface area contributed by atoms with Crippen molar-refractivity contribution < 1.29 is 23.5 Å². The lowest BCUT2D eigenvalue weighted by Crippen LogP contribution is -2.45. The minimum absolute atomic E-state index is 0.0270. The van der Waals surface area contributed by atoms with Crippen molar-refractivity contribution in [3.63, 3.8) is 0 Å². The number of furan rings is 1. The molecule has 1 atom stereocenters. The molecule has 8 heteroatoms. The van der Waals surface area contributed by atoms with Crippen LogP contribution in [0.25, 0.3) is 11.7 Å². The van der Waals surface area contributed by atoms with Gasteiger partial charge < -0.3 is 18.7 Å². The standard InChI is InChI=1S/C13H15N3O5/c17-12(18)6-9-8-19-5-3-16(9)7-11-14-15-13(21-11)10-2-1-4-20-10/h1-2,4,9H,3,5-8H2,(H,17,18). The fourth-order valence-electron chi connectivity index (χ4n) is 2.28. The maximum Gasteiger partial charge on any atom is 0.305 e. The number of morpholine rings is 1. The molecule has 1 aliphatic rings. The number of hydrogen-bond donors (Lipinski definition) is 1. The molecule has 1 saturated heterocycles. The molecule has 0 saturated carbocycles. The predicted molar refractivity (Wildman–Crippen MR) is 69.3 cm³/mol. The molecule has 0 bridgehead atoms. The van der Waals surface area contributed by atoms with Crippen LogP contribution in [0.15, 0.2) is 27.2 Å². The van der Waals surface area contributed by atoms with Crippen molar-refractivity contribution in [3.05, 3.63) is 24.3 Å². The molecule has 2 aromatic heterocycles. The monoisotopic (exact) mass is 293 g/mol. The van der Waals surface area contributed by atoms with Crippen molar-refractivity contribution in [1.82, 2.24) is 15.1 Å². The van der Waals surface area contributed by atoms with Crippen LogP contribution in [0, 0.1) is 0 Å². The van der Waals surface area contributed by atoms with E-state index < -0.39 is 5.97 Å². The van der Waals surface area contributed by atoms with Crippen LogP contribution in [0.2, 0.25) is 0 Å². The largest absolute Gasteiger partial charge is 0.481 e. The number of carboxylic acids is 1. The first-order chi connectivity index (χ1) is 10.2. The van der Waals surface area contributed by atoms with Gasteiger partial charge in [0, 0.05) is 12.6 Å². The molecule has 0 spiro atoms. The number of carboxylic acid groups (broad SMARTS) is 1. The third-order valence-electron chi connectivity index (χ3n) is 3.30. The molecule has 0 amide bonds. The van der Waals surface area contributed by atoms with E-state index >= 15 is 0 Å². The van der Waals surface area contributed by atoms with E-state index in [1.54, 1.807) is 12.1 Å². The second-order valence-corrected chi connectivity index (χ2v) is 4.78. The van der Waals surface area contributed by atoms with Gasteiger partial charge in [-0.15, -0.1) is 10.2 Å². The fraction of sp³-hybridized carbons (Fsp3) is 0.462. The van der Waals surface area contributed by atoms with E-state index in [0.29, 0.717) is 43.8 Å². The smallest absolute Gasteiger partial charge is 0.305 e. The normalized spacial score (nSPS) is 19.7. The van der Waals surface area contributed by atoms with Crippen LogP contribution in [0.5, 0.6) is 0 Å². The molecule has 0 radical (unpaired) electrons. The topological polar surface area (TPSA) is 102 Å². The lowest BCUT2D eigenvalue weighted by atomic mass is 10.1. The molecule has 0 aliphatic carbocycles. The van der Waals surface area contributed by atoms with E-state index in [1.807, 2.05) is 4.90 Å². The number of nitrogens with zero attached hydrogens (tertiary/aromatic N) is 3. The second-order valence-electron chi connectivity index (χ2n) is 4.78. The molecule has 2 aromatic rings. The highest BCUT2D eigenvalue weighted by Crippen LogP contribution is 2.20. The Morgan fingerprint density at radius 2 is 2.38 bits per heavy atom. The van der Waals surface area contributed by atoms with Crippen molar-refractivity contribution in [2.24, 2.45) is 0 Å². The quantitative estimate of drug-likeness (QED) is 0.871. The van der Waals surface area contributed by atoms with Gasteiger partial charge in [0.15, 0.2) is 5.76 Å². The molecule has 1 N–H and O–H groups in total. The zero-order valence-electron chi connectivity index (χ0n) is 11.3. The third-order valence-corrected chi connectivity index (χ3v) is 3.30. The van der Waals surface area contributed by atoms with Gasteiger partial charge in [-0.1, -0.05) is 0 Å². The highest BCUT2D eigenvalue weighted by atomic mass is 16.5. The summed E-state index contributed by atoms with van der Waals surface area (Å²) in [6, 6.07) is 3.29. The summed E-state index contributed by atoms with van der Waals surface area (Å²) in [4.78, 5) is 12.9. The number of rotatable bonds is 5. The zero-order valence-corrected chi connectivity index (χ0v) is 11.3. The van der Waals surface area contributed by atoms with Crippen LogP contribution in [-0.2, 0) is 16.1 Å². The van der Waals surface area contributed by atoms with Crippen LogP contribution >= 0.6 is 0 Å². The van der Waals surface area contributed by atoms with Crippen molar-refractivity contribution in [2.75, 3.05) is 19.8 Å². The van der Waals surface area contributed by atoms with Gasteiger partial charge in [-0.05, 0) is 12.1 Å². The van der Waals surface area contributed by atoms with Crippen molar-refractivity contribution in [3.8, 4) is 11.7 Å². The first-order valence-corrected chi connectivity index (χ1v) is 6.62. The lowest BCUT2D eigenvalue weighted by molar-refractivity contribution is -0.140. The van der Waals surface area contributed by atoms with E-state index in [9.17, 15) is 4.79 Å². The van der Waals surface area contributed by atoms with E-state index in [-0.39, 0.29) is 12.5 Å². The lowest BCUT2D eigenvalue weighted by Gasteiger charge is -2.33. The molecule has 8 nitrogen and oxygen atoms in total. The molecule has 1 fully saturated rings. The van der Waals surface area contributed by atoms with Gasteiger partial charge in [0.25, 0.3) is 5.89 Å². The highest BCUT2D eigenvalue weighted by Gasteiger charge is 2.27. The molecule has 3 heterocycles. The van der Waals surface area contributed by atoms with Gasteiger partial charge in [-0.2, -0.15) is 0 Å². The molecule has 1 aliphatic heterocycles. The van der Waals surface area contributed by atoms with Crippen LogP contribution in [-0.4, -0.2) is 52.0 Å². The minimum Gasteiger partial charge on any atom is -0.481 e. The van der Waals surface area contributed by atoms with E-state index in [4.69, 9.17) is 18.7 Å². The van der Waals surface area contributed by atoms with Gasteiger partial charge in [0.1, 0.15) is 0 Å². The van der Waals surface area contributed by atoms with Gasteiger partial charge in [-0.25, -0.2) is 0 Å². The molecule has 1 unspecified atom stereocenters. The van der Waals surface area contributed by atoms with E-state index in [0.717, 1.165) is 0 Å². The zero-order chi connectivity index (χ0) is 14.7. The van der Waals surface area contributed by atoms with Crippen LogP contribution in [0.4, 0.5) is 0 Å². The summed E-state index contributed by atoms with van der Waals surface area (Å²) in [6.07, 6.45) is 1.56. The van der Waals surface area contributed by atoms with E-state index in [2.05, 4.69) is 10.2 Å². The number of aromatic nitrogens is 2. The molecular formula is C13H15N3O5.